The quantitative estimate of drug-likeness (QED) is 0.0714. The molecule has 1 aliphatic carbocycles. The van der Waals surface area contributed by atoms with Crippen molar-refractivity contribution < 1.29 is 9.59 Å². The van der Waals surface area contributed by atoms with Crippen molar-refractivity contribution >= 4 is 11.8 Å². The highest BCUT2D eigenvalue weighted by atomic mass is 16.2. The standard InChI is InChI=1S/C42H82N2O2/c1-5-9-13-17-19-23-27-33-37(31-25-21-15-11-7-3)41(45)43-39-35-29-30-36-40(39)44-42(46)38(32-26-22-16-12-8-4)34-28-24-20-18-14-10-6-2/h37-40H,5-36H2,1-4H3,(H,43,45)(H,44,46)/t37?,38?,39-,40-/m1/s1. The molecule has 0 aromatic carbocycles. The van der Waals surface area contributed by atoms with Crippen LogP contribution < -0.4 is 10.6 Å². The van der Waals surface area contributed by atoms with Crippen molar-refractivity contribution in [2.24, 2.45) is 11.8 Å². The van der Waals surface area contributed by atoms with Crippen LogP contribution in [0, 0.1) is 11.8 Å². The van der Waals surface area contributed by atoms with E-state index in [0.717, 1.165) is 64.2 Å². The van der Waals surface area contributed by atoms with Crippen molar-refractivity contribution in [1.29, 1.82) is 0 Å². The molecular formula is C42H82N2O2. The summed E-state index contributed by atoms with van der Waals surface area (Å²) < 4.78 is 0. The Hall–Kier alpha value is -1.06. The minimum Gasteiger partial charge on any atom is -0.351 e. The van der Waals surface area contributed by atoms with E-state index in [-0.39, 0.29) is 35.7 Å². The summed E-state index contributed by atoms with van der Waals surface area (Å²) in [4.78, 5) is 27.5. The maximum atomic E-state index is 13.8. The number of carbonyl (C=O) groups is 2. The van der Waals surface area contributed by atoms with Crippen LogP contribution in [-0.4, -0.2) is 23.9 Å². The van der Waals surface area contributed by atoms with Gasteiger partial charge in [0.2, 0.25) is 11.8 Å². The van der Waals surface area contributed by atoms with Gasteiger partial charge in [-0.2, -0.15) is 0 Å². The van der Waals surface area contributed by atoms with E-state index in [1.165, 1.54) is 141 Å². The molecule has 2 N–H and O–H groups in total. The molecule has 46 heavy (non-hydrogen) atoms. The van der Waals surface area contributed by atoms with Gasteiger partial charge >= 0.3 is 0 Å². The van der Waals surface area contributed by atoms with E-state index in [1.54, 1.807) is 0 Å². The van der Waals surface area contributed by atoms with Crippen LogP contribution in [0.1, 0.15) is 233 Å². The van der Waals surface area contributed by atoms with Crippen molar-refractivity contribution in [3.63, 3.8) is 0 Å². The molecule has 0 saturated heterocycles. The molecule has 4 heteroatoms. The average molecular weight is 647 g/mol. The number of hydrogen-bond acceptors (Lipinski definition) is 2. The molecule has 0 aromatic rings. The Balaban J connectivity index is 2.72. The largest absolute Gasteiger partial charge is 0.351 e. The van der Waals surface area contributed by atoms with Gasteiger partial charge in [-0.3, -0.25) is 9.59 Å². The first-order valence-corrected chi connectivity index (χ1v) is 21.2. The van der Waals surface area contributed by atoms with Gasteiger partial charge < -0.3 is 10.6 Å². The van der Waals surface area contributed by atoms with Crippen LogP contribution in [0.4, 0.5) is 0 Å². The monoisotopic (exact) mass is 647 g/mol. The normalized spacial score (nSPS) is 17.9. The van der Waals surface area contributed by atoms with Crippen LogP contribution in [0.15, 0.2) is 0 Å². The Morgan fingerprint density at radius 1 is 0.413 bits per heavy atom. The van der Waals surface area contributed by atoms with E-state index < -0.39 is 0 Å². The summed E-state index contributed by atoms with van der Waals surface area (Å²) in [6.07, 6.45) is 39.0. The fourth-order valence-corrected chi connectivity index (χ4v) is 7.57. The Kier molecular flexibility index (Phi) is 29.2. The lowest BCUT2D eigenvalue weighted by Crippen LogP contribution is -2.55. The summed E-state index contributed by atoms with van der Waals surface area (Å²) in [6.45, 7) is 9.08. The van der Waals surface area contributed by atoms with Crippen LogP contribution in [-0.2, 0) is 9.59 Å². The van der Waals surface area contributed by atoms with Crippen LogP contribution >= 0.6 is 0 Å². The fraction of sp³-hybridized carbons (Fsp3) is 0.952. The summed E-state index contributed by atoms with van der Waals surface area (Å²) in [6, 6.07) is 0.177. The predicted molar refractivity (Wildman–Crippen MR) is 201 cm³/mol. The van der Waals surface area contributed by atoms with E-state index in [9.17, 15) is 9.59 Å². The zero-order valence-electron chi connectivity index (χ0n) is 31.8. The van der Waals surface area contributed by atoms with E-state index in [0.29, 0.717) is 0 Å². The van der Waals surface area contributed by atoms with Gasteiger partial charge in [0, 0.05) is 23.9 Å². The van der Waals surface area contributed by atoms with E-state index in [2.05, 4.69) is 38.3 Å². The highest BCUT2D eigenvalue weighted by molar-refractivity contribution is 5.80. The lowest BCUT2D eigenvalue weighted by atomic mass is 9.87. The van der Waals surface area contributed by atoms with E-state index in [1.807, 2.05) is 0 Å². The lowest BCUT2D eigenvalue weighted by molar-refractivity contribution is -0.129. The molecule has 0 bridgehead atoms. The first kappa shape index (κ1) is 43.0. The SMILES string of the molecule is CCCCCCCCCC(CCCCCCC)C(=O)N[C@@H]1CCCC[C@H]1NC(=O)C(CCCCCCC)CCCCCCCCC. The molecule has 1 fully saturated rings. The molecule has 2 amide bonds. The van der Waals surface area contributed by atoms with E-state index >= 15 is 0 Å². The molecule has 1 saturated carbocycles. The smallest absolute Gasteiger partial charge is 0.223 e. The summed E-state index contributed by atoms with van der Waals surface area (Å²) in [5.74, 6) is 0.791. The lowest BCUT2D eigenvalue weighted by Gasteiger charge is -2.35. The number of hydrogen-bond donors (Lipinski definition) is 2. The van der Waals surface area contributed by atoms with Crippen molar-refractivity contribution in [2.75, 3.05) is 0 Å². The van der Waals surface area contributed by atoms with Gasteiger partial charge in [-0.25, -0.2) is 0 Å². The topological polar surface area (TPSA) is 58.2 Å². The first-order valence-electron chi connectivity index (χ1n) is 21.2. The maximum Gasteiger partial charge on any atom is 0.223 e. The van der Waals surface area contributed by atoms with Gasteiger partial charge in [-0.1, -0.05) is 195 Å². The molecule has 0 aliphatic heterocycles. The maximum absolute atomic E-state index is 13.8. The first-order chi connectivity index (χ1) is 22.6. The number of nitrogens with one attached hydrogen (secondary N) is 2. The molecule has 0 heterocycles. The molecule has 4 nitrogen and oxygen atoms in total. The predicted octanol–water partition coefficient (Wildman–Crippen LogP) is 12.8. The second-order valence-electron chi connectivity index (χ2n) is 15.1. The molecule has 1 rings (SSSR count). The van der Waals surface area contributed by atoms with Crippen LogP contribution in [0.3, 0.4) is 0 Å². The highest BCUT2D eigenvalue weighted by Crippen LogP contribution is 2.25. The zero-order chi connectivity index (χ0) is 33.5. The Labute approximate surface area is 288 Å². The van der Waals surface area contributed by atoms with Gasteiger partial charge in [0.1, 0.15) is 0 Å². The Bertz CT molecular complexity index is 637. The van der Waals surface area contributed by atoms with Gasteiger partial charge in [0.25, 0.3) is 0 Å². The van der Waals surface area contributed by atoms with E-state index in [4.69, 9.17) is 0 Å². The third-order valence-corrected chi connectivity index (χ3v) is 10.8. The van der Waals surface area contributed by atoms with Crippen molar-refractivity contribution in [2.45, 2.75) is 245 Å². The summed E-state index contributed by atoms with van der Waals surface area (Å²) in [5, 5.41) is 7.05. The molecule has 4 atom stereocenters. The Morgan fingerprint density at radius 3 is 0.913 bits per heavy atom. The average Bonchev–Trinajstić information content (AvgIpc) is 3.06. The zero-order valence-corrected chi connectivity index (χ0v) is 31.8. The minimum atomic E-state index is 0.0885. The minimum absolute atomic E-state index is 0.0885. The molecule has 0 radical (unpaired) electrons. The second-order valence-corrected chi connectivity index (χ2v) is 15.1. The van der Waals surface area contributed by atoms with Crippen molar-refractivity contribution in [1.82, 2.24) is 10.6 Å². The molecule has 2 unspecified atom stereocenters. The van der Waals surface area contributed by atoms with Gasteiger partial charge in [0.15, 0.2) is 0 Å². The third kappa shape index (κ3) is 22.5. The molecule has 0 aromatic heterocycles. The summed E-state index contributed by atoms with van der Waals surface area (Å²) in [7, 11) is 0. The van der Waals surface area contributed by atoms with Crippen molar-refractivity contribution in [3.8, 4) is 0 Å². The van der Waals surface area contributed by atoms with Crippen LogP contribution in [0.5, 0.6) is 0 Å². The Morgan fingerprint density at radius 2 is 0.652 bits per heavy atom. The second kappa shape index (κ2) is 31.2. The van der Waals surface area contributed by atoms with Crippen molar-refractivity contribution in [3.05, 3.63) is 0 Å². The third-order valence-electron chi connectivity index (χ3n) is 10.8. The van der Waals surface area contributed by atoms with Gasteiger partial charge in [0.05, 0.1) is 0 Å². The molecule has 0 spiro atoms. The van der Waals surface area contributed by atoms with Gasteiger partial charge in [-0.15, -0.1) is 0 Å². The summed E-state index contributed by atoms with van der Waals surface area (Å²) >= 11 is 0. The number of amides is 2. The molecule has 272 valence electrons. The fourth-order valence-electron chi connectivity index (χ4n) is 7.57. The number of rotatable bonds is 32. The van der Waals surface area contributed by atoms with Crippen LogP contribution in [0.2, 0.25) is 0 Å². The molecular weight excluding hydrogens is 564 g/mol. The summed E-state index contributed by atoms with van der Waals surface area (Å²) in [5.41, 5.74) is 0. The number of carbonyl (C=O) groups excluding carboxylic acids is 2. The van der Waals surface area contributed by atoms with Gasteiger partial charge in [-0.05, 0) is 38.5 Å². The highest BCUT2D eigenvalue weighted by Gasteiger charge is 2.31. The number of unbranched alkanes of at least 4 members (excludes halogenated alkanes) is 20. The van der Waals surface area contributed by atoms with Crippen LogP contribution in [0.25, 0.3) is 0 Å². The molecule has 1 aliphatic rings.